The number of rotatable bonds is 2. The van der Waals surface area contributed by atoms with Crippen LogP contribution in [0.3, 0.4) is 0 Å². The highest BCUT2D eigenvalue weighted by Gasteiger charge is 2.39. The molecule has 1 fully saturated rings. The maximum atomic E-state index is 5.85. The molecule has 0 saturated carbocycles. The van der Waals surface area contributed by atoms with Crippen molar-refractivity contribution in [1.82, 2.24) is 4.90 Å². The van der Waals surface area contributed by atoms with E-state index in [1.165, 1.54) is 0 Å². The molecule has 0 aromatic heterocycles. The van der Waals surface area contributed by atoms with Gasteiger partial charge in [0.15, 0.2) is 0 Å². The van der Waals surface area contributed by atoms with Crippen LogP contribution in [0.5, 0.6) is 5.75 Å². The lowest BCUT2D eigenvalue weighted by molar-refractivity contribution is 0.0379. The fourth-order valence-corrected chi connectivity index (χ4v) is 1.98. The van der Waals surface area contributed by atoms with Crippen molar-refractivity contribution < 1.29 is 9.47 Å². The van der Waals surface area contributed by atoms with Crippen LogP contribution in [0.4, 0.5) is 0 Å². The zero-order valence-corrected chi connectivity index (χ0v) is 10.4. The topological polar surface area (TPSA) is 21.7 Å². The molecule has 1 aromatic rings. The third-order valence-electron chi connectivity index (χ3n) is 3.31. The molecule has 1 aromatic carbocycles. The Morgan fingerprint density at radius 3 is 2.62 bits per heavy atom. The van der Waals surface area contributed by atoms with E-state index < -0.39 is 0 Å². The zero-order valence-electron chi connectivity index (χ0n) is 10.4. The number of hydrogen-bond donors (Lipinski definition) is 0. The van der Waals surface area contributed by atoms with Gasteiger partial charge in [0.1, 0.15) is 12.0 Å². The monoisotopic (exact) mass is 221 g/mol. The van der Waals surface area contributed by atoms with E-state index >= 15 is 0 Å². The summed E-state index contributed by atoms with van der Waals surface area (Å²) in [5.41, 5.74) is 1.17. The molecule has 0 bridgehead atoms. The van der Waals surface area contributed by atoms with Crippen LogP contribution in [0.15, 0.2) is 24.3 Å². The van der Waals surface area contributed by atoms with Crippen molar-refractivity contribution in [3.05, 3.63) is 29.8 Å². The summed E-state index contributed by atoms with van der Waals surface area (Å²) in [7, 11) is 3.78. The second-order valence-electron chi connectivity index (χ2n) is 4.83. The highest BCUT2D eigenvalue weighted by atomic mass is 16.5. The molecule has 3 heteroatoms. The summed E-state index contributed by atoms with van der Waals surface area (Å²) >= 11 is 0. The Labute approximate surface area is 97.0 Å². The molecule has 1 saturated heterocycles. The van der Waals surface area contributed by atoms with Crippen LogP contribution in [0.25, 0.3) is 0 Å². The first kappa shape index (κ1) is 11.4. The van der Waals surface area contributed by atoms with Crippen molar-refractivity contribution in [2.75, 3.05) is 20.8 Å². The summed E-state index contributed by atoms with van der Waals surface area (Å²) in [6.07, 6.45) is -0.00819. The van der Waals surface area contributed by atoms with Gasteiger partial charge in [0, 0.05) is 11.1 Å². The van der Waals surface area contributed by atoms with Crippen molar-refractivity contribution in [3.8, 4) is 5.75 Å². The Morgan fingerprint density at radius 1 is 1.38 bits per heavy atom. The van der Waals surface area contributed by atoms with Gasteiger partial charge in [0.05, 0.1) is 13.7 Å². The molecule has 0 N–H and O–H groups in total. The molecular weight excluding hydrogens is 202 g/mol. The van der Waals surface area contributed by atoms with Gasteiger partial charge >= 0.3 is 0 Å². The predicted octanol–water partition coefficient (Wildman–Crippen LogP) is 2.43. The van der Waals surface area contributed by atoms with Gasteiger partial charge < -0.3 is 9.47 Å². The standard InChI is InChI=1S/C13H19NO2/c1-13(2)9-16-12(14(13)3)10-7-5-6-8-11(10)15-4/h5-8,12H,9H2,1-4H3/t12-/m1/s1. The molecule has 0 aliphatic carbocycles. The van der Waals surface area contributed by atoms with E-state index in [2.05, 4.69) is 31.9 Å². The third-order valence-corrected chi connectivity index (χ3v) is 3.31. The van der Waals surface area contributed by atoms with E-state index in [9.17, 15) is 0 Å². The fourth-order valence-electron chi connectivity index (χ4n) is 1.98. The van der Waals surface area contributed by atoms with E-state index in [0.717, 1.165) is 17.9 Å². The third kappa shape index (κ3) is 1.81. The number of methoxy groups -OCH3 is 1. The van der Waals surface area contributed by atoms with Crippen LogP contribution in [-0.4, -0.2) is 31.2 Å². The van der Waals surface area contributed by atoms with Gasteiger partial charge in [-0.1, -0.05) is 18.2 Å². The van der Waals surface area contributed by atoms with Crippen molar-refractivity contribution in [1.29, 1.82) is 0 Å². The van der Waals surface area contributed by atoms with Crippen LogP contribution >= 0.6 is 0 Å². The first-order chi connectivity index (χ1) is 7.56. The summed E-state index contributed by atoms with van der Waals surface area (Å²) in [5.74, 6) is 0.886. The molecule has 16 heavy (non-hydrogen) atoms. The molecule has 88 valence electrons. The maximum absolute atomic E-state index is 5.85. The zero-order chi connectivity index (χ0) is 11.8. The average Bonchev–Trinajstić information content (AvgIpc) is 2.54. The number of hydrogen-bond acceptors (Lipinski definition) is 3. The van der Waals surface area contributed by atoms with Crippen LogP contribution in [0.2, 0.25) is 0 Å². The predicted molar refractivity (Wildman–Crippen MR) is 63.5 cm³/mol. The highest BCUT2D eigenvalue weighted by Crippen LogP contribution is 2.38. The molecule has 1 heterocycles. The van der Waals surface area contributed by atoms with E-state index in [0.29, 0.717) is 0 Å². The van der Waals surface area contributed by atoms with Gasteiger partial charge in [-0.25, -0.2) is 0 Å². The van der Waals surface area contributed by atoms with Gasteiger partial charge in [-0.15, -0.1) is 0 Å². The number of nitrogens with zero attached hydrogens (tertiary/aromatic N) is 1. The van der Waals surface area contributed by atoms with Crippen molar-refractivity contribution >= 4 is 0 Å². The molecular formula is C13H19NO2. The number of ether oxygens (including phenoxy) is 2. The molecule has 3 nitrogen and oxygen atoms in total. The molecule has 2 rings (SSSR count). The van der Waals surface area contributed by atoms with Gasteiger partial charge in [0.25, 0.3) is 0 Å². The lowest BCUT2D eigenvalue weighted by atomic mass is 10.1. The first-order valence-corrected chi connectivity index (χ1v) is 5.54. The largest absolute Gasteiger partial charge is 0.496 e. The Hall–Kier alpha value is -1.06. The quantitative estimate of drug-likeness (QED) is 0.765. The normalized spacial score (nSPS) is 24.6. The van der Waals surface area contributed by atoms with Crippen LogP contribution in [-0.2, 0) is 4.74 Å². The first-order valence-electron chi connectivity index (χ1n) is 5.54. The maximum Gasteiger partial charge on any atom is 0.140 e. The van der Waals surface area contributed by atoms with E-state index in [1.807, 2.05) is 18.2 Å². The lowest BCUT2D eigenvalue weighted by Gasteiger charge is -2.29. The van der Waals surface area contributed by atoms with E-state index in [1.54, 1.807) is 7.11 Å². The molecule has 1 atom stereocenters. The minimum Gasteiger partial charge on any atom is -0.496 e. The number of likely N-dealkylation sites (N-methyl/N-ethyl adjacent to an activating group) is 1. The Bertz CT molecular complexity index is 376. The van der Waals surface area contributed by atoms with Crippen LogP contribution < -0.4 is 4.74 Å². The average molecular weight is 221 g/mol. The molecule has 0 radical (unpaired) electrons. The van der Waals surface area contributed by atoms with Crippen molar-refractivity contribution in [2.24, 2.45) is 0 Å². The summed E-state index contributed by atoms with van der Waals surface area (Å²) < 4.78 is 11.2. The van der Waals surface area contributed by atoms with Gasteiger partial charge in [0.2, 0.25) is 0 Å². The minimum absolute atomic E-state index is 0.00819. The van der Waals surface area contributed by atoms with Gasteiger partial charge in [-0.2, -0.15) is 0 Å². The lowest BCUT2D eigenvalue weighted by Crippen LogP contribution is -2.38. The summed E-state index contributed by atoms with van der Waals surface area (Å²) in [5, 5.41) is 0. The molecule has 1 aliphatic heterocycles. The summed E-state index contributed by atoms with van der Waals surface area (Å²) in [4.78, 5) is 2.24. The molecule has 1 aliphatic rings. The second-order valence-corrected chi connectivity index (χ2v) is 4.83. The summed E-state index contributed by atoms with van der Waals surface area (Å²) in [6, 6.07) is 8.02. The molecule has 0 unspecified atom stereocenters. The van der Waals surface area contributed by atoms with Crippen molar-refractivity contribution in [2.45, 2.75) is 25.6 Å². The second kappa shape index (κ2) is 4.07. The smallest absolute Gasteiger partial charge is 0.140 e. The highest BCUT2D eigenvalue weighted by molar-refractivity contribution is 5.35. The minimum atomic E-state index is -0.00819. The van der Waals surface area contributed by atoms with E-state index in [4.69, 9.17) is 9.47 Å². The van der Waals surface area contributed by atoms with Crippen molar-refractivity contribution in [3.63, 3.8) is 0 Å². The Balaban J connectivity index is 2.32. The van der Waals surface area contributed by atoms with Crippen LogP contribution in [0, 0.1) is 0 Å². The number of para-hydroxylation sites is 1. The van der Waals surface area contributed by atoms with Crippen LogP contribution in [0.1, 0.15) is 25.6 Å². The molecule has 0 spiro atoms. The fraction of sp³-hybridized carbons (Fsp3) is 0.538. The Kier molecular flexibility index (Phi) is 2.91. The van der Waals surface area contributed by atoms with Gasteiger partial charge in [-0.05, 0) is 27.0 Å². The molecule has 0 amide bonds. The van der Waals surface area contributed by atoms with E-state index in [-0.39, 0.29) is 11.8 Å². The van der Waals surface area contributed by atoms with Gasteiger partial charge in [-0.3, -0.25) is 4.90 Å². The Morgan fingerprint density at radius 2 is 2.06 bits per heavy atom. The number of benzene rings is 1. The summed E-state index contributed by atoms with van der Waals surface area (Å²) in [6.45, 7) is 5.11. The SMILES string of the molecule is COc1ccccc1[C@H]1OCC(C)(C)N1C.